The van der Waals surface area contributed by atoms with Gasteiger partial charge in [0.1, 0.15) is 23.7 Å². The van der Waals surface area contributed by atoms with Crippen molar-refractivity contribution < 1.29 is 18.9 Å². The lowest BCUT2D eigenvalue weighted by Crippen LogP contribution is -2.56. The van der Waals surface area contributed by atoms with Crippen molar-refractivity contribution in [3.05, 3.63) is 96.3 Å². The summed E-state index contributed by atoms with van der Waals surface area (Å²) in [5.74, 6) is 4.63. The molecule has 4 saturated heterocycles. The van der Waals surface area contributed by atoms with Gasteiger partial charge in [0.15, 0.2) is 0 Å². The summed E-state index contributed by atoms with van der Waals surface area (Å²) in [7, 11) is 3.42. The number of rotatable bonds is 13. The topological polar surface area (TPSA) is 95.0 Å². The number of ether oxygens (including phenoxy) is 4. The summed E-state index contributed by atoms with van der Waals surface area (Å²) in [6.07, 6.45) is 10.0. The number of hydrogen-bond donors (Lipinski definition) is 0. The molecule has 0 saturated carbocycles. The van der Waals surface area contributed by atoms with Crippen LogP contribution < -0.4 is 18.9 Å². The van der Waals surface area contributed by atoms with Crippen molar-refractivity contribution in [2.24, 2.45) is 17.8 Å². The highest BCUT2D eigenvalue weighted by atomic mass is 16.5. The molecule has 58 heavy (non-hydrogen) atoms. The molecule has 1 unspecified atom stereocenters. The van der Waals surface area contributed by atoms with Crippen molar-refractivity contribution in [1.29, 1.82) is 0 Å². The third kappa shape index (κ3) is 7.19. The molecule has 3 aromatic heterocycles. The average Bonchev–Trinajstić information content (AvgIpc) is 3.29. The minimum absolute atomic E-state index is 0.130. The van der Waals surface area contributed by atoms with Gasteiger partial charge >= 0.3 is 0 Å². The number of pyridine rings is 2. The maximum absolute atomic E-state index is 7.29. The second-order valence-electron chi connectivity index (χ2n) is 16.5. The minimum atomic E-state index is -0.331. The van der Waals surface area contributed by atoms with E-state index in [4.69, 9.17) is 39.1 Å². The van der Waals surface area contributed by atoms with Crippen molar-refractivity contribution in [2.75, 3.05) is 40.4 Å². The summed E-state index contributed by atoms with van der Waals surface area (Å²) in [5, 5.41) is 13.6. The predicted molar refractivity (Wildman–Crippen MR) is 229 cm³/mol. The SMILES string of the molecule is CC[C@@H]1CC[C@@H]([C@H](Oc2nnc(O[C@H](c3ccnc4ccc(OC)cc34)[C@@H]3C[C@@H]4CCN3C[C@@H]4CC)c3ccccc23)c2ccnc3ccc(OC)cc23)N(CC)C1. The van der Waals surface area contributed by atoms with Gasteiger partial charge in [-0.05, 0) is 117 Å². The van der Waals surface area contributed by atoms with E-state index < -0.39 is 0 Å². The van der Waals surface area contributed by atoms with E-state index in [9.17, 15) is 0 Å². The summed E-state index contributed by atoms with van der Waals surface area (Å²) < 4.78 is 26.0. The van der Waals surface area contributed by atoms with Crippen molar-refractivity contribution in [3.8, 4) is 23.3 Å². The zero-order valence-corrected chi connectivity index (χ0v) is 34.5. The van der Waals surface area contributed by atoms with E-state index in [1.165, 1.54) is 19.3 Å². The normalized spacial score (nSPS) is 24.5. The molecule has 2 bridgehead atoms. The number of aromatic nitrogens is 4. The molecule has 0 radical (unpaired) electrons. The Bertz CT molecular complexity index is 2250. The molecule has 0 N–H and O–H groups in total. The van der Waals surface area contributed by atoms with E-state index in [1.807, 2.05) is 48.8 Å². The standard InChI is InChI=1S/C48H56N6O4/c1-6-30-13-18-43(53(8-3)28-30)45(35-19-22-49-41-16-14-33(55-4)26-39(35)41)57-47-37-11-9-10-12-38(37)48(52-51-47)58-46(44-25-32-21-24-54(44)29-31(32)7-2)36-20-23-50-42-17-15-34(56-5)27-40(36)42/h9-12,14-17,19-20,22-23,26-27,30-32,43-46H,6-8,13,18,21,24-25,28-29H2,1-5H3/t30-,31+,32+,43+,44+,45-,46-/m1/s1. The van der Waals surface area contributed by atoms with Gasteiger partial charge < -0.3 is 18.9 Å². The minimum Gasteiger partial charge on any atom is -0.497 e. The van der Waals surface area contributed by atoms with Gasteiger partial charge in [-0.1, -0.05) is 45.7 Å². The fourth-order valence-corrected chi connectivity index (χ4v) is 10.4. The molecule has 0 aliphatic carbocycles. The zero-order chi connectivity index (χ0) is 39.8. The fourth-order valence-electron chi connectivity index (χ4n) is 10.4. The van der Waals surface area contributed by atoms with Crippen LogP contribution in [-0.2, 0) is 0 Å². The van der Waals surface area contributed by atoms with E-state index in [1.54, 1.807) is 14.2 Å². The molecule has 302 valence electrons. The molecule has 4 aliphatic heterocycles. The predicted octanol–water partition coefficient (Wildman–Crippen LogP) is 9.61. The Balaban J connectivity index is 1.14. The molecule has 6 aromatic rings. The van der Waals surface area contributed by atoms with Crippen molar-refractivity contribution in [2.45, 2.75) is 83.6 Å². The summed E-state index contributed by atoms with van der Waals surface area (Å²) in [6.45, 7) is 11.0. The van der Waals surface area contributed by atoms with Crippen molar-refractivity contribution in [1.82, 2.24) is 30.0 Å². The molecule has 10 heteroatoms. The van der Waals surface area contributed by atoms with Gasteiger partial charge in [-0.15, -0.1) is 10.2 Å². The highest BCUT2D eigenvalue weighted by Crippen LogP contribution is 2.46. The summed E-state index contributed by atoms with van der Waals surface area (Å²) in [4.78, 5) is 14.7. The van der Waals surface area contributed by atoms with E-state index in [-0.39, 0.29) is 24.3 Å². The van der Waals surface area contributed by atoms with Gasteiger partial charge in [0.2, 0.25) is 11.8 Å². The largest absolute Gasteiger partial charge is 0.497 e. The van der Waals surface area contributed by atoms with Crippen LogP contribution in [0, 0.1) is 17.8 Å². The maximum Gasteiger partial charge on any atom is 0.242 e. The number of piperidine rings is 4. The van der Waals surface area contributed by atoms with Crippen LogP contribution in [0.1, 0.15) is 82.6 Å². The zero-order valence-electron chi connectivity index (χ0n) is 34.5. The van der Waals surface area contributed by atoms with Crippen molar-refractivity contribution >= 4 is 32.6 Å². The first-order chi connectivity index (χ1) is 28.5. The van der Waals surface area contributed by atoms with Gasteiger partial charge in [-0.25, -0.2) is 0 Å². The fraction of sp³-hybridized carbons (Fsp3) is 0.458. The van der Waals surface area contributed by atoms with E-state index in [0.29, 0.717) is 29.5 Å². The Hall–Kier alpha value is -5.06. The van der Waals surface area contributed by atoms with Crippen LogP contribution in [0.2, 0.25) is 0 Å². The Morgan fingerprint density at radius 1 is 0.655 bits per heavy atom. The summed E-state index contributed by atoms with van der Waals surface area (Å²) in [5.41, 5.74) is 3.97. The Morgan fingerprint density at radius 3 is 1.78 bits per heavy atom. The summed E-state index contributed by atoms with van der Waals surface area (Å²) >= 11 is 0. The lowest BCUT2D eigenvalue weighted by atomic mass is 9.72. The molecule has 10 rings (SSSR count). The van der Waals surface area contributed by atoms with Crippen LogP contribution in [0.3, 0.4) is 0 Å². The van der Waals surface area contributed by atoms with Crippen molar-refractivity contribution in [3.63, 3.8) is 0 Å². The second-order valence-corrected chi connectivity index (χ2v) is 16.5. The van der Waals surface area contributed by atoms with Crippen LogP contribution in [0.5, 0.6) is 23.3 Å². The number of nitrogens with zero attached hydrogens (tertiary/aromatic N) is 6. The number of fused-ring (bicyclic) bond motifs is 6. The smallest absolute Gasteiger partial charge is 0.242 e. The van der Waals surface area contributed by atoms with Gasteiger partial charge in [-0.2, -0.15) is 0 Å². The Kier molecular flexibility index (Phi) is 11.0. The molecule has 0 spiro atoms. The second kappa shape index (κ2) is 16.7. The molecule has 8 atom stereocenters. The third-order valence-electron chi connectivity index (χ3n) is 13.6. The number of likely N-dealkylation sites (N-methyl/N-ethyl adjacent to an activating group) is 1. The van der Waals surface area contributed by atoms with Gasteiger partial charge in [0.05, 0.1) is 48.1 Å². The van der Waals surface area contributed by atoms with Gasteiger partial charge in [0, 0.05) is 47.4 Å². The van der Waals surface area contributed by atoms with Crippen LogP contribution >= 0.6 is 0 Å². The molecule has 4 fully saturated rings. The van der Waals surface area contributed by atoms with Crippen LogP contribution in [0.15, 0.2) is 85.2 Å². The first-order valence-electron chi connectivity index (χ1n) is 21.4. The third-order valence-corrected chi connectivity index (χ3v) is 13.6. The van der Waals surface area contributed by atoms with E-state index in [2.05, 4.69) is 67.0 Å². The van der Waals surface area contributed by atoms with Crippen LogP contribution in [0.4, 0.5) is 0 Å². The molecular weight excluding hydrogens is 725 g/mol. The molecular formula is C48H56N6O4. The highest BCUT2D eigenvalue weighted by molar-refractivity contribution is 5.91. The molecule has 7 heterocycles. The first kappa shape index (κ1) is 38.5. The number of methoxy groups -OCH3 is 2. The lowest BCUT2D eigenvalue weighted by Gasteiger charge is -2.51. The maximum atomic E-state index is 7.29. The highest BCUT2D eigenvalue weighted by Gasteiger charge is 2.45. The van der Waals surface area contributed by atoms with Crippen LogP contribution in [-0.4, -0.2) is 82.4 Å². The number of hydrogen-bond acceptors (Lipinski definition) is 10. The first-order valence-corrected chi connectivity index (χ1v) is 21.4. The summed E-state index contributed by atoms with van der Waals surface area (Å²) in [6, 6.07) is 25.0. The number of benzene rings is 3. The Morgan fingerprint density at radius 2 is 1.26 bits per heavy atom. The number of likely N-dealkylation sites (tertiary alicyclic amines) is 1. The monoisotopic (exact) mass is 780 g/mol. The average molecular weight is 781 g/mol. The molecule has 3 aromatic carbocycles. The lowest BCUT2D eigenvalue weighted by molar-refractivity contribution is -0.0492. The molecule has 0 amide bonds. The quantitative estimate of drug-likeness (QED) is 0.113. The van der Waals surface area contributed by atoms with Crippen LogP contribution in [0.25, 0.3) is 32.6 Å². The van der Waals surface area contributed by atoms with Gasteiger partial charge in [-0.3, -0.25) is 19.8 Å². The van der Waals surface area contributed by atoms with Gasteiger partial charge in [0.25, 0.3) is 0 Å². The molecule has 4 aliphatic rings. The van der Waals surface area contributed by atoms with E-state index in [0.717, 1.165) is 101 Å². The Labute approximate surface area is 341 Å². The van der Waals surface area contributed by atoms with E-state index >= 15 is 0 Å². The molecule has 10 nitrogen and oxygen atoms in total.